The number of benzene rings is 1. The zero-order valence-corrected chi connectivity index (χ0v) is 16.0. The van der Waals surface area contributed by atoms with E-state index in [1.54, 1.807) is 25.4 Å². The second-order valence-corrected chi connectivity index (χ2v) is 6.54. The van der Waals surface area contributed by atoms with E-state index < -0.39 is 0 Å². The van der Waals surface area contributed by atoms with Crippen molar-refractivity contribution in [2.45, 2.75) is 26.1 Å². The topological polar surface area (TPSA) is 77.2 Å². The highest BCUT2D eigenvalue weighted by molar-refractivity contribution is 5.80. The van der Waals surface area contributed by atoms with Crippen LogP contribution < -0.4 is 5.32 Å². The third-order valence-corrected chi connectivity index (χ3v) is 4.61. The SMILES string of the molecule is COCCn1cnnc1C(C)NC(=O)N(C)CCn1ccc2ccccc21. The van der Waals surface area contributed by atoms with E-state index in [-0.39, 0.29) is 12.1 Å². The fraction of sp³-hybridized carbons (Fsp3) is 0.421. The van der Waals surface area contributed by atoms with E-state index in [2.05, 4.69) is 44.5 Å². The van der Waals surface area contributed by atoms with E-state index in [1.807, 2.05) is 23.6 Å². The van der Waals surface area contributed by atoms with Crippen LogP contribution in [0.15, 0.2) is 42.9 Å². The molecule has 2 amide bonds. The predicted octanol–water partition coefficient (Wildman–Crippen LogP) is 2.28. The number of amides is 2. The summed E-state index contributed by atoms with van der Waals surface area (Å²) >= 11 is 0. The summed E-state index contributed by atoms with van der Waals surface area (Å²) in [5.41, 5.74) is 1.17. The Morgan fingerprint density at radius 3 is 2.89 bits per heavy atom. The van der Waals surface area contributed by atoms with Gasteiger partial charge in [0.05, 0.1) is 12.6 Å². The molecule has 0 bridgehead atoms. The smallest absolute Gasteiger partial charge is 0.317 e. The Kier molecular flexibility index (Phi) is 6.08. The number of nitrogens with zero attached hydrogens (tertiary/aromatic N) is 5. The molecule has 0 aliphatic rings. The molecule has 0 radical (unpaired) electrons. The molecular formula is C19H26N6O2. The normalized spacial score (nSPS) is 12.3. The van der Waals surface area contributed by atoms with E-state index in [0.29, 0.717) is 25.5 Å². The number of hydrogen-bond donors (Lipinski definition) is 1. The highest BCUT2D eigenvalue weighted by Gasteiger charge is 2.18. The van der Waals surface area contributed by atoms with Crippen molar-refractivity contribution in [1.82, 2.24) is 29.5 Å². The summed E-state index contributed by atoms with van der Waals surface area (Å²) in [6, 6.07) is 9.93. The first-order chi connectivity index (χ1) is 13.1. The zero-order chi connectivity index (χ0) is 19.2. The van der Waals surface area contributed by atoms with E-state index >= 15 is 0 Å². The maximum absolute atomic E-state index is 12.5. The molecule has 8 nitrogen and oxygen atoms in total. The molecule has 1 aromatic carbocycles. The van der Waals surface area contributed by atoms with Crippen molar-refractivity contribution in [2.24, 2.45) is 0 Å². The molecule has 3 aromatic rings. The number of carbonyl (C=O) groups excluding carboxylic acids is 1. The number of hydrogen-bond acceptors (Lipinski definition) is 4. The van der Waals surface area contributed by atoms with Crippen LogP contribution in [0, 0.1) is 0 Å². The number of nitrogens with one attached hydrogen (secondary N) is 1. The van der Waals surface area contributed by atoms with Crippen LogP contribution in [0.2, 0.25) is 0 Å². The molecule has 0 fully saturated rings. The van der Waals surface area contributed by atoms with Crippen LogP contribution in [0.5, 0.6) is 0 Å². The zero-order valence-electron chi connectivity index (χ0n) is 16.0. The number of likely N-dealkylation sites (N-methyl/N-ethyl adjacent to an activating group) is 1. The van der Waals surface area contributed by atoms with E-state index in [0.717, 1.165) is 6.54 Å². The second-order valence-electron chi connectivity index (χ2n) is 6.54. The molecule has 1 N–H and O–H groups in total. The maximum Gasteiger partial charge on any atom is 0.317 e. The fourth-order valence-electron chi connectivity index (χ4n) is 3.02. The maximum atomic E-state index is 12.5. The first-order valence-corrected chi connectivity index (χ1v) is 9.02. The minimum absolute atomic E-state index is 0.139. The van der Waals surface area contributed by atoms with Gasteiger partial charge >= 0.3 is 6.03 Å². The van der Waals surface area contributed by atoms with Gasteiger partial charge in [-0.3, -0.25) is 0 Å². The number of fused-ring (bicyclic) bond motifs is 1. The number of rotatable bonds is 8. The van der Waals surface area contributed by atoms with E-state index in [9.17, 15) is 4.79 Å². The average Bonchev–Trinajstić information content (AvgIpc) is 3.31. The van der Waals surface area contributed by atoms with Crippen LogP contribution in [0.4, 0.5) is 4.79 Å². The molecule has 0 aliphatic heterocycles. The monoisotopic (exact) mass is 370 g/mol. The Balaban J connectivity index is 1.55. The van der Waals surface area contributed by atoms with Crippen LogP contribution in [0.1, 0.15) is 18.8 Å². The summed E-state index contributed by atoms with van der Waals surface area (Å²) in [5, 5.41) is 12.2. The minimum Gasteiger partial charge on any atom is -0.383 e. The Bertz CT molecular complexity index is 887. The summed E-state index contributed by atoms with van der Waals surface area (Å²) < 4.78 is 9.14. The molecule has 1 atom stereocenters. The molecule has 1 unspecified atom stereocenters. The van der Waals surface area contributed by atoms with Gasteiger partial charge in [0.1, 0.15) is 6.33 Å². The lowest BCUT2D eigenvalue weighted by Crippen LogP contribution is -2.40. The largest absolute Gasteiger partial charge is 0.383 e. The van der Waals surface area contributed by atoms with Crippen molar-refractivity contribution >= 4 is 16.9 Å². The first kappa shape index (κ1) is 18.9. The second kappa shape index (κ2) is 8.68. The van der Waals surface area contributed by atoms with Crippen molar-refractivity contribution in [2.75, 3.05) is 27.3 Å². The van der Waals surface area contributed by atoms with Crippen molar-refractivity contribution < 1.29 is 9.53 Å². The van der Waals surface area contributed by atoms with Gasteiger partial charge in [0, 0.05) is 45.5 Å². The van der Waals surface area contributed by atoms with Crippen molar-refractivity contribution in [1.29, 1.82) is 0 Å². The molecule has 0 spiro atoms. The molecule has 3 rings (SSSR count). The number of urea groups is 1. The van der Waals surface area contributed by atoms with Gasteiger partial charge < -0.3 is 24.1 Å². The molecule has 27 heavy (non-hydrogen) atoms. The van der Waals surface area contributed by atoms with Gasteiger partial charge in [0.15, 0.2) is 5.82 Å². The molecule has 2 heterocycles. The summed E-state index contributed by atoms with van der Waals surface area (Å²) in [7, 11) is 3.45. The van der Waals surface area contributed by atoms with Crippen molar-refractivity contribution in [3.63, 3.8) is 0 Å². The van der Waals surface area contributed by atoms with Gasteiger partial charge in [-0.25, -0.2) is 4.79 Å². The molecule has 0 saturated carbocycles. The summed E-state index contributed by atoms with van der Waals surface area (Å²) in [6.07, 6.45) is 3.70. The number of para-hydroxylation sites is 1. The third-order valence-electron chi connectivity index (χ3n) is 4.61. The van der Waals surface area contributed by atoms with Crippen LogP contribution in [0.25, 0.3) is 10.9 Å². The highest BCUT2D eigenvalue weighted by atomic mass is 16.5. The molecular weight excluding hydrogens is 344 g/mol. The van der Waals surface area contributed by atoms with Crippen molar-refractivity contribution in [3.8, 4) is 0 Å². The summed E-state index contributed by atoms with van der Waals surface area (Å²) in [4.78, 5) is 14.2. The Morgan fingerprint density at radius 2 is 2.07 bits per heavy atom. The fourth-order valence-corrected chi connectivity index (χ4v) is 3.02. The Morgan fingerprint density at radius 1 is 1.26 bits per heavy atom. The minimum atomic E-state index is -0.244. The molecule has 144 valence electrons. The standard InChI is InChI=1S/C19H26N6O2/c1-15(18-22-20-14-25(18)12-13-27-3)21-19(26)23(2)10-11-24-9-8-16-6-4-5-7-17(16)24/h4-9,14-15H,10-13H2,1-3H3,(H,21,26). The van der Waals surface area contributed by atoms with Gasteiger partial charge in [0.2, 0.25) is 0 Å². The van der Waals surface area contributed by atoms with Gasteiger partial charge in [0.25, 0.3) is 0 Å². The number of carbonyl (C=O) groups is 1. The predicted molar refractivity (Wildman–Crippen MR) is 103 cm³/mol. The van der Waals surface area contributed by atoms with Crippen molar-refractivity contribution in [3.05, 3.63) is 48.7 Å². The van der Waals surface area contributed by atoms with E-state index in [4.69, 9.17) is 4.74 Å². The molecule has 0 aliphatic carbocycles. The lowest BCUT2D eigenvalue weighted by Gasteiger charge is -2.21. The number of methoxy groups -OCH3 is 1. The van der Waals surface area contributed by atoms with Crippen LogP contribution in [0.3, 0.4) is 0 Å². The molecule has 0 saturated heterocycles. The van der Waals surface area contributed by atoms with Gasteiger partial charge in [-0.15, -0.1) is 10.2 Å². The van der Waals surface area contributed by atoms with E-state index in [1.165, 1.54) is 10.9 Å². The molecule has 2 aromatic heterocycles. The molecule has 8 heteroatoms. The van der Waals surface area contributed by atoms with Crippen LogP contribution in [-0.4, -0.2) is 57.6 Å². The lowest BCUT2D eigenvalue weighted by atomic mass is 10.2. The average molecular weight is 370 g/mol. The van der Waals surface area contributed by atoms with Crippen LogP contribution >= 0.6 is 0 Å². The van der Waals surface area contributed by atoms with Gasteiger partial charge in [-0.2, -0.15) is 0 Å². The summed E-state index contributed by atoms with van der Waals surface area (Å²) in [6.45, 7) is 4.45. The quantitative estimate of drug-likeness (QED) is 0.660. The Hall–Kier alpha value is -2.87. The van der Waals surface area contributed by atoms with Gasteiger partial charge in [-0.05, 0) is 24.4 Å². The number of ether oxygens (including phenoxy) is 1. The lowest BCUT2D eigenvalue weighted by molar-refractivity contribution is 0.185. The van der Waals surface area contributed by atoms with Crippen LogP contribution in [-0.2, 0) is 17.8 Å². The number of aromatic nitrogens is 4. The van der Waals surface area contributed by atoms with Gasteiger partial charge in [-0.1, -0.05) is 18.2 Å². The highest BCUT2D eigenvalue weighted by Crippen LogP contribution is 2.15. The Labute approximate surface area is 158 Å². The summed E-state index contributed by atoms with van der Waals surface area (Å²) in [5.74, 6) is 0.713. The third kappa shape index (κ3) is 4.46. The first-order valence-electron chi connectivity index (χ1n) is 9.02.